The van der Waals surface area contributed by atoms with Crippen LogP contribution in [0.25, 0.3) is 0 Å². The van der Waals surface area contributed by atoms with E-state index in [0.29, 0.717) is 18.7 Å². The molecule has 0 unspecified atom stereocenters. The SMILES string of the molecule is Cc1ccnc(N)c1C1(O)CC(N)C1. The predicted octanol–water partition coefficient (Wildman–Crippen LogP) is 0.281. The van der Waals surface area contributed by atoms with Gasteiger partial charge in [0.2, 0.25) is 0 Å². The summed E-state index contributed by atoms with van der Waals surface area (Å²) in [6, 6.07) is 1.94. The number of rotatable bonds is 1. The van der Waals surface area contributed by atoms with Crippen molar-refractivity contribution in [2.24, 2.45) is 5.73 Å². The molecule has 76 valence electrons. The molecular weight excluding hydrogens is 178 g/mol. The summed E-state index contributed by atoms with van der Waals surface area (Å²) in [6.07, 6.45) is 2.80. The second-order valence-corrected chi connectivity index (χ2v) is 4.09. The molecule has 1 aliphatic rings. The number of anilines is 1. The number of nitrogens with two attached hydrogens (primary N) is 2. The Labute approximate surface area is 82.9 Å². The topological polar surface area (TPSA) is 85.2 Å². The molecule has 1 saturated carbocycles. The van der Waals surface area contributed by atoms with Crippen molar-refractivity contribution >= 4 is 5.82 Å². The van der Waals surface area contributed by atoms with Crippen molar-refractivity contribution in [1.29, 1.82) is 0 Å². The van der Waals surface area contributed by atoms with Crippen molar-refractivity contribution in [3.63, 3.8) is 0 Å². The average molecular weight is 193 g/mol. The zero-order valence-electron chi connectivity index (χ0n) is 8.20. The molecule has 1 fully saturated rings. The van der Waals surface area contributed by atoms with E-state index < -0.39 is 5.60 Å². The first-order valence-electron chi connectivity index (χ1n) is 4.72. The molecule has 0 atom stereocenters. The second-order valence-electron chi connectivity index (χ2n) is 4.09. The maximum absolute atomic E-state index is 10.2. The van der Waals surface area contributed by atoms with Crippen molar-refractivity contribution in [2.45, 2.75) is 31.4 Å². The van der Waals surface area contributed by atoms with Crippen molar-refractivity contribution in [3.05, 3.63) is 23.4 Å². The van der Waals surface area contributed by atoms with Gasteiger partial charge in [0, 0.05) is 17.8 Å². The molecule has 1 heterocycles. The number of pyridine rings is 1. The van der Waals surface area contributed by atoms with Gasteiger partial charge in [-0.15, -0.1) is 0 Å². The van der Waals surface area contributed by atoms with E-state index in [2.05, 4.69) is 4.98 Å². The molecule has 14 heavy (non-hydrogen) atoms. The summed E-state index contributed by atoms with van der Waals surface area (Å²) < 4.78 is 0. The van der Waals surface area contributed by atoms with Gasteiger partial charge in [-0.2, -0.15) is 0 Å². The Balaban J connectivity index is 2.41. The van der Waals surface area contributed by atoms with Crippen molar-refractivity contribution in [1.82, 2.24) is 4.98 Å². The molecule has 0 amide bonds. The van der Waals surface area contributed by atoms with Crippen LogP contribution >= 0.6 is 0 Å². The summed E-state index contributed by atoms with van der Waals surface area (Å²) >= 11 is 0. The van der Waals surface area contributed by atoms with E-state index >= 15 is 0 Å². The maximum atomic E-state index is 10.2. The van der Waals surface area contributed by atoms with Crippen LogP contribution in [0.15, 0.2) is 12.3 Å². The minimum absolute atomic E-state index is 0.0824. The number of aryl methyl sites for hydroxylation is 1. The first-order valence-corrected chi connectivity index (χ1v) is 4.72. The lowest BCUT2D eigenvalue weighted by atomic mass is 9.70. The fraction of sp³-hybridized carbons (Fsp3) is 0.500. The third-order valence-electron chi connectivity index (χ3n) is 2.85. The predicted molar refractivity (Wildman–Crippen MR) is 54.5 cm³/mol. The van der Waals surface area contributed by atoms with Crippen LogP contribution in [0.5, 0.6) is 0 Å². The second kappa shape index (κ2) is 2.93. The Morgan fingerprint density at radius 2 is 2.21 bits per heavy atom. The normalized spacial score (nSPS) is 31.2. The lowest BCUT2D eigenvalue weighted by molar-refractivity contribution is -0.0523. The first-order chi connectivity index (χ1) is 6.53. The number of nitrogens with zero attached hydrogens (tertiary/aromatic N) is 1. The quantitative estimate of drug-likeness (QED) is 0.598. The van der Waals surface area contributed by atoms with Gasteiger partial charge in [0.05, 0.1) is 5.60 Å². The lowest BCUT2D eigenvalue weighted by Gasteiger charge is -2.43. The highest BCUT2D eigenvalue weighted by molar-refractivity contribution is 5.49. The van der Waals surface area contributed by atoms with Gasteiger partial charge in [-0.3, -0.25) is 0 Å². The molecule has 0 bridgehead atoms. The Morgan fingerprint density at radius 3 is 2.71 bits per heavy atom. The minimum atomic E-state index is -0.845. The highest BCUT2D eigenvalue weighted by Gasteiger charge is 2.44. The smallest absolute Gasteiger partial charge is 0.129 e. The van der Waals surface area contributed by atoms with Crippen LogP contribution < -0.4 is 11.5 Å². The van der Waals surface area contributed by atoms with Gasteiger partial charge in [0.1, 0.15) is 5.82 Å². The fourth-order valence-corrected chi connectivity index (χ4v) is 2.20. The van der Waals surface area contributed by atoms with E-state index in [1.165, 1.54) is 0 Å². The number of aliphatic hydroxyl groups is 1. The maximum Gasteiger partial charge on any atom is 0.129 e. The Hall–Kier alpha value is -1.13. The van der Waals surface area contributed by atoms with Gasteiger partial charge in [0.25, 0.3) is 0 Å². The van der Waals surface area contributed by atoms with Crippen molar-refractivity contribution < 1.29 is 5.11 Å². The number of hydrogen-bond acceptors (Lipinski definition) is 4. The first kappa shape index (κ1) is 9.43. The molecule has 0 aromatic carbocycles. The molecule has 1 aromatic rings. The van der Waals surface area contributed by atoms with Gasteiger partial charge in [-0.25, -0.2) is 4.98 Å². The van der Waals surface area contributed by atoms with E-state index in [1.807, 2.05) is 13.0 Å². The zero-order valence-corrected chi connectivity index (χ0v) is 8.20. The van der Waals surface area contributed by atoms with Crippen molar-refractivity contribution in [2.75, 3.05) is 5.73 Å². The lowest BCUT2D eigenvalue weighted by Crippen LogP contribution is -2.49. The molecule has 4 nitrogen and oxygen atoms in total. The fourth-order valence-electron chi connectivity index (χ4n) is 2.20. The third-order valence-corrected chi connectivity index (χ3v) is 2.85. The standard InChI is InChI=1S/C10H15N3O/c1-6-2-3-13-9(12)8(6)10(14)4-7(11)5-10/h2-3,7,14H,4-5,11H2,1H3,(H2,12,13). The van der Waals surface area contributed by atoms with E-state index in [1.54, 1.807) is 6.20 Å². The summed E-state index contributed by atoms with van der Waals surface area (Å²) in [5.41, 5.74) is 12.3. The van der Waals surface area contributed by atoms with Crippen LogP contribution in [-0.2, 0) is 5.60 Å². The largest absolute Gasteiger partial charge is 0.385 e. The molecule has 4 heteroatoms. The van der Waals surface area contributed by atoms with Gasteiger partial charge in [-0.05, 0) is 31.4 Å². The Morgan fingerprint density at radius 1 is 1.57 bits per heavy atom. The van der Waals surface area contributed by atoms with Gasteiger partial charge in [0.15, 0.2) is 0 Å². The van der Waals surface area contributed by atoms with Crippen LogP contribution in [0.3, 0.4) is 0 Å². The minimum Gasteiger partial charge on any atom is -0.385 e. The summed E-state index contributed by atoms with van der Waals surface area (Å²) in [6.45, 7) is 1.93. The van der Waals surface area contributed by atoms with Crippen LogP contribution in [0.2, 0.25) is 0 Å². The van der Waals surface area contributed by atoms with E-state index in [0.717, 1.165) is 11.1 Å². The van der Waals surface area contributed by atoms with E-state index in [9.17, 15) is 5.11 Å². The molecule has 1 aliphatic carbocycles. The van der Waals surface area contributed by atoms with E-state index in [-0.39, 0.29) is 6.04 Å². The van der Waals surface area contributed by atoms with Gasteiger partial charge < -0.3 is 16.6 Å². The molecule has 5 N–H and O–H groups in total. The monoisotopic (exact) mass is 193 g/mol. The summed E-state index contributed by atoms with van der Waals surface area (Å²) in [5, 5.41) is 10.2. The average Bonchev–Trinajstić information content (AvgIpc) is 2.00. The molecule has 2 rings (SSSR count). The van der Waals surface area contributed by atoms with Crippen LogP contribution in [0.1, 0.15) is 24.0 Å². The molecule has 0 aliphatic heterocycles. The van der Waals surface area contributed by atoms with Crippen molar-refractivity contribution in [3.8, 4) is 0 Å². The third kappa shape index (κ3) is 1.27. The summed E-state index contributed by atoms with van der Waals surface area (Å²) in [4.78, 5) is 3.99. The van der Waals surface area contributed by atoms with Gasteiger partial charge >= 0.3 is 0 Å². The van der Waals surface area contributed by atoms with Crippen LogP contribution in [0.4, 0.5) is 5.82 Å². The molecule has 0 saturated heterocycles. The molecule has 0 radical (unpaired) electrons. The number of hydrogen-bond donors (Lipinski definition) is 3. The number of nitrogen functional groups attached to an aromatic ring is 1. The van der Waals surface area contributed by atoms with Crippen LogP contribution in [0, 0.1) is 6.92 Å². The molecular formula is C10H15N3O. The van der Waals surface area contributed by atoms with Crippen LogP contribution in [-0.4, -0.2) is 16.1 Å². The zero-order chi connectivity index (χ0) is 10.3. The van der Waals surface area contributed by atoms with E-state index in [4.69, 9.17) is 11.5 Å². The summed E-state index contributed by atoms with van der Waals surface area (Å²) in [7, 11) is 0. The molecule has 1 aromatic heterocycles. The Bertz CT molecular complexity index is 338. The molecule has 0 spiro atoms. The van der Waals surface area contributed by atoms with Gasteiger partial charge in [-0.1, -0.05) is 0 Å². The highest BCUT2D eigenvalue weighted by atomic mass is 16.3. The summed E-state index contributed by atoms with van der Waals surface area (Å²) in [5.74, 6) is 0.416. The Kier molecular flexibility index (Phi) is 1.97. The number of aromatic nitrogens is 1. The highest BCUT2D eigenvalue weighted by Crippen LogP contribution is 2.43.